The van der Waals surface area contributed by atoms with E-state index in [-0.39, 0.29) is 49.3 Å². The van der Waals surface area contributed by atoms with Crippen molar-refractivity contribution in [2.45, 2.75) is 104 Å². The molecular weight excluding hydrogens is 785 g/mol. The van der Waals surface area contributed by atoms with Crippen molar-refractivity contribution in [2.24, 2.45) is 11.8 Å². The van der Waals surface area contributed by atoms with E-state index in [1.54, 1.807) is 43.0 Å². The summed E-state index contributed by atoms with van der Waals surface area (Å²) in [7, 11) is 1.54. The van der Waals surface area contributed by atoms with Gasteiger partial charge in [-0.25, -0.2) is 4.98 Å². The molecule has 6 N–H and O–H groups in total. The Balaban J connectivity index is 1.55. The van der Waals surface area contributed by atoms with Crippen LogP contribution in [0.5, 0.6) is 5.75 Å². The van der Waals surface area contributed by atoms with Gasteiger partial charge in [-0.05, 0) is 54.5 Å². The first-order valence-electron chi connectivity index (χ1n) is 20.5. The van der Waals surface area contributed by atoms with E-state index in [4.69, 9.17) is 4.74 Å². The first-order valence-corrected chi connectivity index (χ1v) is 21.3. The van der Waals surface area contributed by atoms with Gasteiger partial charge in [-0.3, -0.25) is 28.8 Å². The molecule has 1 saturated heterocycles. The molecule has 1 aliphatic heterocycles. The van der Waals surface area contributed by atoms with E-state index in [1.165, 1.54) is 23.2 Å². The summed E-state index contributed by atoms with van der Waals surface area (Å²) < 4.78 is 5.30. The molecule has 15 nitrogen and oxygen atoms in total. The van der Waals surface area contributed by atoms with Gasteiger partial charge in [-0.1, -0.05) is 71.9 Å². The smallest absolute Gasteiger partial charge is 0.273 e. The number of aromatic amines is 1. The van der Waals surface area contributed by atoms with E-state index >= 15 is 0 Å². The van der Waals surface area contributed by atoms with E-state index in [1.807, 2.05) is 65.8 Å². The number of fused-ring (bicyclic) bond motifs is 1. The monoisotopic (exact) mass is 842 g/mol. The Morgan fingerprint density at radius 1 is 0.817 bits per heavy atom. The minimum absolute atomic E-state index is 0.0560. The maximum atomic E-state index is 14.4. The number of hydrogen-bond acceptors (Lipinski definition) is 9. The normalized spacial score (nSPS) is 21.6. The van der Waals surface area contributed by atoms with Crippen LogP contribution in [0.25, 0.3) is 10.9 Å². The lowest BCUT2D eigenvalue weighted by Gasteiger charge is -2.32. The molecule has 0 unspecified atom stereocenters. The zero-order valence-corrected chi connectivity index (χ0v) is 36.4. The van der Waals surface area contributed by atoms with Gasteiger partial charge in [-0.2, -0.15) is 0 Å². The molecule has 0 radical (unpaired) electrons. The molecule has 322 valence electrons. The molecule has 0 bridgehead atoms. The molecule has 3 heterocycles. The highest BCUT2D eigenvalue weighted by Gasteiger charge is 2.34. The molecule has 0 aliphatic carbocycles. The van der Waals surface area contributed by atoms with E-state index in [9.17, 15) is 28.8 Å². The van der Waals surface area contributed by atoms with Crippen molar-refractivity contribution in [3.05, 3.63) is 81.9 Å². The molecule has 0 spiro atoms. The predicted molar refractivity (Wildman–Crippen MR) is 230 cm³/mol. The number of nitrogens with zero attached hydrogens (tertiary/aromatic N) is 2. The molecule has 16 heteroatoms. The first-order chi connectivity index (χ1) is 28.5. The van der Waals surface area contributed by atoms with Crippen LogP contribution in [-0.4, -0.2) is 101 Å². The summed E-state index contributed by atoms with van der Waals surface area (Å²) in [6.45, 7) is 12.5. The SMILES string of the molecule is COc1ccc(C[C@@H]2NC(=O)[C@H](CC(C)C)NC(=O)[C@@H](Cc3c[nH]c4ccccc34)NC(=O)CN(C(=O)c3csc(C(C)C)n3)C[C@H](C(C)C)NC(=O)[C@@H](C)NC2=O)cc1. The number of amides is 6. The van der Waals surface area contributed by atoms with Crippen molar-refractivity contribution in [3.8, 4) is 5.75 Å². The fourth-order valence-electron chi connectivity index (χ4n) is 6.98. The summed E-state index contributed by atoms with van der Waals surface area (Å²) in [5.41, 5.74) is 2.47. The van der Waals surface area contributed by atoms with Crippen LogP contribution in [0.15, 0.2) is 60.1 Å². The number of rotatable bonds is 10. The number of benzene rings is 2. The second kappa shape index (κ2) is 20.5. The topological polar surface area (TPSA) is 204 Å². The number of nitrogens with one attached hydrogen (secondary N) is 6. The van der Waals surface area contributed by atoms with Gasteiger partial charge in [0.1, 0.15) is 35.6 Å². The van der Waals surface area contributed by atoms with Gasteiger partial charge in [0.2, 0.25) is 29.5 Å². The average molecular weight is 843 g/mol. The Bertz CT molecular complexity index is 2150. The van der Waals surface area contributed by atoms with Crippen LogP contribution < -0.4 is 31.3 Å². The number of ether oxygens (including phenoxy) is 1. The zero-order valence-electron chi connectivity index (χ0n) is 35.6. The third-order valence-electron chi connectivity index (χ3n) is 10.5. The standard InChI is InChI=1S/C44H58N8O7S/c1-24(2)17-33-41(56)49-34(18-28-13-15-30(59-8)16-14-28)40(55)46-27(7)39(54)50-36(25(3)4)21-52(44(58)37-23-60-43(51-37)26(5)6)22-38(53)47-35(42(57)48-33)19-29-20-45-32-12-10-9-11-31(29)32/h9-16,20,23-27,33-36,45H,17-19,21-22H2,1-8H3,(H,46,55)(H,47,53)(H,48,57)(H,49,56)(H,50,54)/t27-,33+,34+,35-,36-/m1/s1. The number of para-hydroxylation sites is 1. The minimum atomic E-state index is -1.18. The van der Waals surface area contributed by atoms with E-state index in [2.05, 4.69) is 36.6 Å². The summed E-state index contributed by atoms with van der Waals surface area (Å²) in [6, 6.07) is 9.48. The molecule has 6 amide bonds. The molecule has 1 aliphatic rings. The van der Waals surface area contributed by atoms with E-state index in [0.717, 1.165) is 21.5 Å². The van der Waals surface area contributed by atoms with Crippen LogP contribution in [0.3, 0.4) is 0 Å². The Labute approximate surface area is 355 Å². The van der Waals surface area contributed by atoms with Crippen molar-refractivity contribution in [1.29, 1.82) is 0 Å². The van der Waals surface area contributed by atoms with Crippen LogP contribution in [-0.2, 0) is 36.8 Å². The van der Waals surface area contributed by atoms with Gasteiger partial charge in [0.25, 0.3) is 5.91 Å². The van der Waals surface area contributed by atoms with Gasteiger partial charge in [0, 0.05) is 53.8 Å². The molecule has 2 aromatic carbocycles. The summed E-state index contributed by atoms with van der Waals surface area (Å²) in [6.07, 6.45) is 2.11. The highest BCUT2D eigenvalue weighted by molar-refractivity contribution is 7.09. The van der Waals surface area contributed by atoms with E-state index in [0.29, 0.717) is 11.3 Å². The van der Waals surface area contributed by atoms with Crippen LogP contribution in [0.2, 0.25) is 0 Å². The molecule has 5 atom stereocenters. The number of hydrogen-bond donors (Lipinski definition) is 6. The van der Waals surface area contributed by atoms with Crippen LogP contribution >= 0.6 is 11.3 Å². The van der Waals surface area contributed by atoms with Gasteiger partial charge < -0.3 is 41.2 Å². The lowest BCUT2D eigenvalue weighted by molar-refractivity contribution is -0.135. The first kappa shape index (κ1) is 45.3. The number of thiazole rings is 1. The zero-order chi connectivity index (χ0) is 43.7. The second-order valence-corrected chi connectivity index (χ2v) is 17.4. The Kier molecular flexibility index (Phi) is 15.5. The van der Waals surface area contributed by atoms with Crippen LogP contribution in [0, 0.1) is 11.8 Å². The van der Waals surface area contributed by atoms with E-state index < -0.39 is 72.2 Å². The summed E-state index contributed by atoms with van der Waals surface area (Å²) in [4.78, 5) is 93.9. The molecular formula is C44H58N8O7S. The van der Waals surface area contributed by atoms with Gasteiger partial charge >= 0.3 is 0 Å². The van der Waals surface area contributed by atoms with Crippen molar-refractivity contribution in [2.75, 3.05) is 20.2 Å². The largest absolute Gasteiger partial charge is 0.497 e. The lowest BCUT2D eigenvalue weighted by Crippen LogP contribution is -2.60. The van der Waals surface area contributed by atoms with Crippen molar-refractivity contribution < 1.29 is 33.5 Å². The molecule has 60 heavy (non-hydrogen) atoms. The lowest BCUT2D eigenvalue weighted by atomic mass is 9.99. The fraction of sp³-hybridized carbons (Fsp3) is 0.477. The number of carbonyl (C=O) groups excluding carboxylic acids is 6. The highest BCUT2D eigenvalue weighted by Crippen LogP contribution is 2.22. The molecule has 5 rings (SSSR count). The summed E-state index contributed by atoms with van der Waals surface area (Å²) >= 11 is 1.34. The minimum Gasteiger partial charge on any atom is -0.497 e. The third kappa shape index (κ3) is 11.9. The Morgan fingerprint density at radius 2 is 1.47 bits per heavy atom. The molecule has 0 saturated carbocycles. The molecule has 2 aromatic heterocycles. The summed E-state index contributed by atoms with van der Waals surface area (Å²) in [5.74, 6) is -3.09. The van der Waals surface area contributed by atoms with Gasteiger partial charge in [-0.15, -0.1) is 11.3 Å². The quantitative estimate of drug-likeness (QED) is 0.138. The Hall–Kier alpha value is -5.77. The molecule has 1 fully saturated rings. The number of methoxy groups -OCH3 is 1. The highest BCUT2D eigenvalue weighted by atomic mass is 32.1. The van der Waals surface area contributed by atoms with Gasteiger partial charge in [0.05, 0.1) is 18.7 Å². The summed E-state index contributed by atoms with van der Waals surface area (Å²) in [5, 5.41) is 17.6. The maximum Gasteiger partial charge on any atom is 0.273 e. The van der Waals surface area contributed by atoms with Crippen molar-refractivity contribution in [3.63, 3.8) is 0 Å². The van der Waals surface area contributed by atoms with Crippen LogP contribution in [0.1, 0.15) is 87.4 Å². The number of aromatic nitrogens is 2. The number of H-pyrrole nitrogens is 1. The maximum absolute atomic E-state index is 14.4. The van der Waals surface area contributed by atoms with Crippen LogP contribution in [0.4, 0.5) is 0 Å². The molecule has 4 aromatic rings. The third-order valence-corrected chi connectivity index (χ3v) is 11.6. The Morgan fingerprint density at radius 3 is 2.12 bits per heavy atom. The average Bonchev–Trinajstić information content (AvgIpc) is 3.87. The van der Waals surface area contributed by atoms with Crippen molar-refractivity contribution >= 4 is 57.7 Å². The van der Waals surface area contributed by atoms with Crippen molar-refractivity contribution in [1.82, 2.24) is 41.5 Å². The number of carbonyl (C=O) groups is 6. The fourth-order valence-corrected chi connectivity index (χ4v) is 7.79. The van der Waals surface area contributed by atoms with Gasteiger partial charge in [0.15, 0.2) is 0 Å². The second-order valence-electron chi connectivity index (χ2n) is 16.5. The predicted octanol–water partition coefficient (Wildman–Crippen LogP) is 3.84.